The molecule has 0 fully saturated rings. The van der Waals surface area contributed by atoms with Crippen LogP contribution in [0.5, 0.6) is 0 Å². The third kappa shape index (κ3) is 5.14. The van der Waals surface area contributed by atoms with Crippen molar-refractivity contribution in [2.24, 2.45) is 5.73 Å². The maximum atomic E-state index is 11.8. The summed E-state index contributed by atoms with van der Waals surface area (Å²) in [6.07, 6.45) is -2.36. The minimum atomic E-state index is -4.29. The predicted octanol–water partition coefficient (Wildman–Crippen LogP) is 2.36. The smallest absolute Gasteiger partial charge is 0.372 e. The molecule has 1 atom stereocenters. The molecule has 6 heteroatoms. The van der Waals surface area contributed by atoms with E-state index in [1.807, 2.05) is 13.0 Å². The van der Waals surface area contributed by atoms with Crippen molar-refractivity contribution in [2.75, 3.05) is 13.2 Å². The van der Waals surface area contributed by atoms with Crippen LogP contribution in [0, 0.1) is 6.92 Å². The van der Waals surface area contributed by atoms with Crippen LogP contribution in [0.2, 0.25) is 0 Å². The number of nitrogens with two attached hydrogens (primary N) is 1. The van der Waals surface area contributed by atoms with Gasteiger partial charge in [-0.1, -0.05) is 6.07 Å². The Balaban J connectivity index is 2.36. The molecule has 0 aliphatic rings. The molecule has 0 aliphatic heterocycles. The first-order chi connectivity index (χ1) is 7.90. The second-order valence-corrected chi connectivity index (χ2v) is 3.77. The van der Waals surface area contributed by atoms with E-state index in [0.717, 1.165) is 5.56 Å². The molecule has 0 radical (unpaired) electrons. The molecule has 0 amide bonds. The predicted molar refractivity (Wildman–Crippen MR) is 57.4 cm³/mol. The van der Waals surface area contributed by atoms with Gasteiger partial charge >= 0.3 is 6.18 Å². The molecule has 1 aromatic rings. The molecular formula is C11H15F3N2O. The molecular weight excluding hydrogens is 233 g/mol. The second-order valence-electron chi connectivity index (χ2n) is 3.77. The zero-order chi connectivity index (χ0) is 12.9. The highest BCUT2D eigenvalue weighted by Crippen LogP contribution is 2.17. The summed E-state index contributed by atoms with van der Waals surface area (Å²) < 4.78 is 39.9. The minimum Gasteiger partial charge on any atom is -0.372 e. The lowest BCUT2D eigenvalue weighted by molar-refractivity contribution is -0.174. The summed E-state index contributed by atoms with van der Waals surface area (Å²) in [6, 6.07) is 3.24. The van der Waals surface area contributed by atoms with E-state index >= 15 is 0 Å². The Morgan fingerprint density at radius 1 is 1.47 bits per heavy atom. The number of ether oxygens (including phenoxy) is 1. The molecule has 0 bridgehead atoms. The summed E-state index contributed by atoms with van der Waals surface area (Å²) in [5.74, 6) is 0. The first-order valence-corrected chi connectivity index (χ1v) is 5.22. The Morgan fingerprint density at radius 3 is 2.76 bits per heavy atom. The number of halogens is 3. The third-order valence-corrected chi connectivity index (χ3v) is 2.24. The van der Waals surface area contributed by atoms with Gasteiger partial charge in [0.05, 0.1) is 5.69 Å². The van der Waals surface area contributed by atoms with Gasteiger partial charge in [0.2, 0.25) is 0 Å². The van der Waals surface area contributed by atoms with Crippen molar-refractivity contribution in [3.63, 3.8) is 0 Å². The molecule has 1 aromatic heterocycles. The minimum absolute atomic E-state index is 0.0311. The highest BCUT2D eigenvalue weighted by Gasteiger charge is 2.27. The number of pyridine rings is 1. The van der Waals surface area contributed by atoms with Crippen LogP contribution >= 0.6 is 0 Å². The maximum absolute atomic E-state index is 11.8. The fourth-order valence-electron chi connectivity index (χ4n) is 1.42. The van der Waals surface area contributed by atoms with Gasteiger partial charge in [0, 0.05) is 18.8 Å². The average Bonchev–Trinajstić information content (AvgIpc) is 2.23. The number of rotatable bonds is 5. The quantitative estimate of drug-likeness (QED) is 0.814. The molecule has 0 aliphatic carbocycles. The van der Waals surface area contributed by atoms with Gasteiger partial charge in [-0.25, -0.2) is 0 Å². The van der Waals surface area contributed by atoms with Crippen molar-refractivity contribution in [1.82, 2.24) is 4.98 Å². The van der Waals surface area contributed by atoms with Crippen LogP contribution in [0.15, 0.2) is 18.3 Å². The van der Waals surface area contributed by atoms with Crippen molar-refractivity contribution >= 4 is 0 Å². The molecule has 0 spiro atoms. The molecule has 3 nitrogen and oxygen atoms in total. The molecule has 2 N–H and O–H groups in total. The van der Waals surface area contributed by atoms with E-state index in [9.17, 15) is 13.2 Å². The molecule has 0 saturated heterocycles. The molecule has 0 aromatic carbocycles. The fraction of sp³-hybridized carbons (Fsp3) is 0.545. The maximum Gasteiger partial charge on any atom is 0.411 e. The van der Waals surface area contributed by atoms with Crippen LogP contribution in [0.4, 0.5) is 13.2 Å². The molecule has 17 heavy (non-hydrogen) atoms. The SMILES string of the molecule is Cc1cccnc1C(N)CCOCC(F)(F)F. The van der Waals surface area contributed by atoms with Gasteiger partial charge in [-0.2, -0.15) is 13.2 Å². The van der Waals surface area contributed by atoms with Crippen molar-refractivity contribution in [3.8, 4) is 0 Å². The van der Waals surface area contributed by atoms with Gasteiger partial charge in [-0.15, -0.1) is 0 Å². The molecule has 1 heterocycles. The summed E-state index contributed by atoms with van der Waals surface area (Å²) in [6.45, 7) is 0.594. The van der Waals surface area contributed by atoms with Crippen molar-refractivity contribution in [1.29, 1.82) is 0 Å². The zero-order valence-corrected chi connectivity index (χ0v) is 9.50. The highest BCUT2D eigenvalue weighted by molar-refractivity contribution is 5.20. The summed E-state index contributed by atoms with van der Waals surface area (Å²) in [7, 11) is 0. The summed E-state index contributed by atoms with van der Waals surface area (Å²) in [4.78, 5) is 4.10. The Morgan fingerprint density at radius 2 is 2.18 bits per heavy atom. The molecule has 1 rings (SSSR count). The van der Waals surface area contributed by atoms with E-state index < -0.39 is 18.8 Å². The van der Waals surface area contributed by atoms with Gasteiger partial charge < -0.3 is 10.5 Å². The van der Waals surface area contributed by atoms with E-state index in [1.54, 1.807) is 12.3 Å². The van der Waals surface area contributed by atoms with Crippen molar-refractivity contribution in [2.45, 2.75) is 25.6 Å². The third-order valence-electron chi connectivity index (χ3n) is 2.24. The number of hydrogen-bond acceptors (Lipinski definition) is 3. The monoisotopic (exact) mass is 248 g/mol. The van der Waals surface area contributed by atoms with Crippen LogP contribution in [0.3, 0.4) is 0 Å². The van der Waals surface area contributed by atoms with E-state index in [-0.39, 0.29) is 6.61 Å². The fourth-order valence-corrected chi connectivity index (χ4v) is 1.42. The summed E-state index contributed by atoms with van der Waals surface area (Å²) in [5, 5.41) is 0. The second kappa shape index (κ2) is 5.97. The van der Waals surface area contributed by atoms with Gasteiger partial charge in [0.25, 0.3) is 0 Å². The summed E-state index contributed by atoms with van der Waals surface area (Å²) in [5.41, 5.74) is 7.45. The van der Waals surface area contributed by atoms with E-state index in [4.69, 9.17) is 5.73 Å². The standard InChI is InChI=1S/C11H15F3N2O/c1-8-3-2-5-16-10(8)9(15)4-6-17-7-11(12,13)14/h2-3,5,9H,4,6-7,15H2,1H3. The molecule has 96 valence electrons. The van der Waals surface area contributed by atoms with E-state index in [2.05, 4.69) is 9.72 Å². The summed E-state index contributed by atoms with van der Waals surface area (Å²) >= 11 is 0. The zero-order valence-electron chi connectivity index (χ0n) is 9.50. The first kappa shape index (κ1) is 13.9. The number of aryl methyl sites for hydroxylation is 1. The van der Waals surface area contributed by atoms with Crippen molar-refractivity contribution < 1.29 is 17.9 Å². The number of nitrogens with zero attached hydrogens (tertiary/aromatic N) is 1. The Labute approximate surface area is 97.8 Å². The van der Waals surface area contributed by atoms with E-state index in [0.29, 0.717) is 12.1 Å². The topological polar surface area (TPSA) is 48.1 Å². The van der Waals surface area contributed by atoms with Crippen LogP contribution in [-0.4, -0.2) is 24.4 Å². The molecule has 1 unspecified atom stereocenters. The Bertz CT molecular complexity index is 355. The largest absolute Gasteiger partial charge is 0.411 e. The van der Waals surface area contributed by atoms with Gasteiger partial charge in [-0.3, -0.25) is 4.98 Å². The lowest BCUT2D eigenvalue weighted by Gasteiger charge is -2.14. The average molecular weight is 248 g/mol. The number of aromatic nitrogens is 1. The van der Waals surface area contributed by atoms with Crippen LogP contribution in [0.1, 0.15) is 23.7 Å². The number of hydrogen-bond donors (Lipinski definition) is 1. The molecule has 0 saturated carbocycles. The van der Waals surface area contributed by atoms with Gasteiger partial charge in [-0.05, 0) is 25.0 Å². The lowest BCUT2D eigenvalue weighted by atomic mass is 10.1. The first-order valence-electron chi connectivity index (χ1n) is 5.22. The van der Waals surface area contributed by atoms with Crippen LogP contribution in [-0.2, 0) is 4.74 Å². The van der Waals surface area contributed by atoms with Crippen LogP contribution < -0.4 is 5.73 Å². The van der Waals surface area contributed by atoms with Gasteiger partial charge in [0.15, 0.2) is 0 Å². The van der Waals surface area contributed by atoms with E-state index in [1.165, 1.54) is 0 Å². The van der Waals surface area contributed by atoms with Crippen LogP contribution in [0.25, 0.3) is 0 Å². The number of alkyl halides is 3. The van der Waals surface area contributed by atoms with Crippen molar-refractivity contribution in [3.05, 3.63) is 29.6 Å². The van der Waals surface area contributed by atoms with Gasteiger partial charge in [0.1, 0.15) is 6.61 Å². The normalized spacial score (nSPS) is 13.7. The Kier molecular flexibility index (Phi) is 4.89. The Hall–Kier alpha value is -1.14. The highest BCUT2D eigenvalue weighted by atomic mass is 19.4. The lowest BCUT2D eigenvalue weighted by Crippen LogP contribution is -2.20.